The van der Waals surface area contributed by atoms with Crippen LogP contribution in [-0.2, 0) is 0 Å². The highest BCUT2D eigenvalue weighted by Gasteiger charge is 2.22. The SMILES string of the molecule is COc1cc(OC)cc(C(=O)N2CCCN(c3cc(-c4ccccc4)[nH]n3)CC2)c1. The number of H-pyrrole nitrogens is 1. The van der Waals surface area contributed by atoms with Gasteiger partial charge in [0, 0.05) is 43.9 Å². The first-order valence-corrected chi connectivity index (χ1v) is 10.1. The van der Waals surface area contributed by atoms with E-state index >= 15 is 0 Å². The van der Waals surface area contributed by atoms with Crippen molar-refractivity contribution in [2.24, 2.45) is 0 Å². The fraction of sp³-hybridized carbons (Fsp3) is 0.304. The van der Waals surface area contributed by atoms with E-state index in [1.807, 2.05) is 23.1 Å². The van der Waals surface area contributed by atoms with Crippen molar-refractivity contribution in [3.8, 4) is 22.8 Å². The molecule has 0 saturated carbocycles. The summed E-state index contributed by atoms with van der Waals surface area (Å²) in [7, 11) is 3.17. The molecule has 0 bridgehead atoms. The first-order chi connectivity index (χ1) is 14.7. The van der Waals surface area contributed by atoms with Crippen LogP contribution in [0.3, 0.4) is 0 Å². The summed E-state index contributed by atoms with van der Waals surface area (Å²) in [6.45, 7) is 2.91. The van der Waals surface area contributed by atoms with E-state index in [1.165, 1.54) is 0 Å². The molecule has 1 saturated heterocycles. The number of carbonyl (C=O) groups excluding carboxylic acids is 1. The zero-order valence-electron chi connectivity index (χ0n) is 17.3. The van der Waals surface area contributed by atoms with Gasteiger partial charge in [-0.25, -0.2) is 0 Å². The lowest BCUT2D eigenvalue weighted by Crippen LogP contribution is -2.35. The summed E-state index contributed by atoms with van der Waals surface area (Å²) in [6.07, 6.45) is 0.875. The van der Waals surface area contributed by atoms with E-state index in [-0.39, 0.29) is 5.91 Å². The normalized spacial score (nSPS) is 14.3. The minimum absolute atomic E-state index is 0.0129. The van der Waals surface area contributed by atoms with Crippen molar-refractivity contribution in [1.82, 2.24) is 15.1 Å². The molecule has 0 aliphatic carbocycles. The predicted octanol–water partition coefficient (Wildman–Crippen LogP) is 3.45. The van der Waals surface area contributed by atoms with Crippen molar-refractivity contribution in [2.45, 2.75) is 6.42 Å². The van der Waals surface area contributed by atoms with Gasteiger partial charge in [0.15, 0.2) is 5.82 Å². The number of aromatic amines is 1. The largest absolute Gasteiger partial charge is 0.497 e. The molecule has 1 amide bonds. The lowest BCUT2D eigenvalue weighted by atomic mass is 10.1. The molecule has 0 spiro atoms. The van der Waals surface area contributed by atoms with Gasteiger partial charge in [-0.2, -0.15) is 5.10 Å². The Hall–Kier alpha value is -3.48. The summed E-state index contributed by atoms with van der Waals surface area (Å²) in [5, 5.41) is 7.62. The van der Waals surface area contributed by atoms with E-state index in [0.717, 1.165) is 36.6 Å². The highest BCUT2D eigenvalue weighted by atomic mass is 16.5. The highest BCUT2D eigenvalue weighted by molar-refractivity contribution is 5.95. The lowest BCUT2D eigenvalue weighted by Gasteiger charge is -2.22. The summed E-state index contributed by atoms with van der Waals surface area (Å²) in [6, 6.07) is 17.5. The summed E-state index contributed by atoms with van der Waals surface area (Å²) in [4.78, 5) is 17.2. The van der Waals surface area contributed by atoms with E-state index in [1.54, 1.807) is 32.4 Å². The maximum Gasteiger partial charge on any atom is 0.254 e. The van der Waals surface area contributed by atoms with E-state index in [0.29, 0.717) is 30.2 Å². The molecule has 1 fully saturated rings. The average molecular weight is 406 g/mol. The number of hydrogen-bond acceptors (Lipinski definition) is 5. The van der Waals surface area contributed by atoms with Crippen molar-refractivity contribution >= 4 is 11.7 Å². The van der Waals surface area contributed by atoms with Gasteiger partial charge in [-0.3, -0.25) is 9.89 Å². The predicted molar refractivity (Wildman–Crippen MR) is 116 cm³/mol. The number of rotatable bonds is 5. The fourth-order valence-electron chi connectivity index (χ4n) is 3.70. The van der Waals surface area contributed by atoms with Crippen molar-refractivity contribution in [2.75, 3.05) is 45.3 Å². The molecule has 7 nitrogen and oxygen atoms in total. The van der Waals surface area contributed by atoms with Gasteiger partial charge in [0.05, 0.1) is 19.9 Å². The molecular formula is C23H26N4O3. The summed E-state index contributed by atoms with van der Waals surface area (Å²) < 4.78 is 10.6. The Bertz CT molecular complexity index is 980. The third-order valence-corrected chi connectivity index (χ3v) is 5.35. The van der Waals surface area contributed by atoms with E-state index in [4.69, 9.17) is 9.47 Å². The van der Waals surface area contributed by atoms with Crippen LogP contribution < -0.4 is 14.4 Å². The van der Waals surface area contributed by atoms with Gasteiger partial charge in [-0.15, -0.1) is 0 Å². The van der Waals surface area contributed by atoms with Gasteiger partial charge in [0.2, 0.25) is 0 Å². The van der Waals surface area contributed by atoms with E-state index in [2.05, 4.69) is 33.3 Å². The number of carbonyl (C=O) groups is 1. The molecule has 3 aromatic rings. The Morgan fingerprint density at radius 3 is 2.37 bits per heavy atom. The molecule has 30 heavy (non-hydrogen) atoms. The highest BCUT2D eigenvalue weighted by Crippen LogP contribution is 2.25. The molecule has 2 aromatic carbocycles. The maximum atomic E-state index is 13.1. The van der Waals surface area contributed by atoms with Crippen LogP contribution in [0.2, 0.25) is 0 Å². The number of hydrogen-bond donors (Lipinski definition) is 1. The standard InChI is InChI=1S/C23H26N4O3/c1-29-19-13-18(14-20(15-19)30-2)23(28)27-10-6-9-26(11-12-27)22-16-21(24-25-22)17-7-4-3-5-8-17/h3-5,7-8,13-16H,6,9-12H2,1-2H3,(H,24,25). The monoisotopic (exact) mass is 406 g/mol. The number of aromatic nitrogens is 2. The smallest absolute Gasteiger partial charge is 0.254 e. The quantitative estimate of drug-likeness (QED) is 0.703. The number of methoxy groups -OCH3 is 2. The number of amides is 1. The zero-order chi connectivity index (χ0) is 20.9. The third-order valence-electron chi connectivity index (χ3n) is 5.35. The second-order valence-electron chi connectivity index (χ2n) is 7.24. The summed E-state index contributed by atoms with van der Waals surface area (Å²) in [5.41, 5.74) is 2.67. The Kier molecular flexibility index (Phi) is 5.88. The molecule has 0 radical (unpaired) electrons. The van der Waals surface area contributed by atoms with E-state index < -0.39 is 0 Å². The minimum atomic E-state index is -0.0129. The van der Waals surface area contributed by atoms with E-state index in [9.17, 15) is 4.79 Å². The summed E-state index contributed by atoms with van der Waals surface area (Å²) in [5.74, 6) is 2.12. The molecule has 156 valence electrons. The van der Waals surface area contributed by atoms with Gasteiger partial charge < -0.3 is 19.3 Å². The lowest BCUT2D eigenvalue weighted by molar-refractivity contribution is 0.0766. The zero-order valence-corrected chi connectivity index (χ0v) is 17.3. The first kappa shape index (κ1) is 19.8. The second kappa shape index (κ2) is 8.90. The molecule has 0 unspecified atom stereocenters. The first-order valence-electron chi connectivity index (χ1n) is 10.1. The van der Waals surface area contributed by atoms with Gasteiger partial charge >= 0.3 is 0 Å². The molecule has 2 heterocycles. The van der Waals surface area contributed by atoms with Crippen LogP contribution in [0.4, 0.5) is 5.82 Å². The number of benzene rings is 2. The molecule has 1 N–H and O–H groups in total. The van der Waals surface area contributed by atoms with Gasteiger partial charge in [0.25, 0.3) is 5.91 Å². The van der Waals surface area contributed by atoms with Crippen molar-refractivity contribution in [1.29, 1.82) is 0 Å². The molecule has 0 atom stereocenters. The van der Waals surface area contributed by atoms with Crippen LogP contribution in [0.25, 0.3) is 11.3 Å². The van der Waals surface area contributed by atoms with Crippen LogP contribution in [0.1, 0.15) is 16.8 Å². The Morgan fingerprint density at radius 2 is 1.67 bits per heavy atom. The maximum absolute atomic E-state index is 13.1. The Morgan fingerprint density at radius 1 is 0.933 bits per heavy atom. The molecule has 1 aliphatic rings. The third kappa shape index (κ3) is 4.25. The fourth-order valence-corrected chi connectivity index (χ4v) is 3.70. The average Bonchev–Trinajstić information content (AvgIpc) is 3.17. The van der Waals surface area contributed by atoms with Crippen molar-refractivity contribution in [3.05, 3.63) is 60.2 Å². The van der Waals surface area contributed by atoms with Gasteiger partial charge in [-0.1, -0.05) is 30.3 Å². The van der Waals surface area contributed by atoms with Crippen LogP contribution in [0.15, 0.2) is 54.6 Å². The number of ether oxygens (including phenoxy) is 2. The minimum Gasteiger partial charge on any atom is -0.497 e. The van der Waals surface area contributed by atoms with Crippen LogP contribution in [0, 0.1) is 0 Å². The van der Waals surface area contributed by atoms with Gasteiger partial charge in [-0.05, 0) is 24.1 Å². The van der Waals surface area contributed by atoms with Crippen molar-refractivity contribution < 1.29 is 14.3 Å². The molecule has 4 rings (SSSR count). The topological polar surface area (TPSA) is 70.7 Å². The number of nitrogens with one attached hydrogen (secondary N) is 1. The molecule has 1 aliphatic heterocycles. The number of nitrogens with zero attached hydrogens (tertiary/aromatic N) is 3. The van der Waals surface area contributed by atoms with Crippen molar-refractivity contribution in [3.63, 3.8) is 0 Å². The molecule has 1 aromatic heterocycles. The Balaban J connectivity index is 1.46. The van der Waals surface area contributed by atoms with Crippen LogP contribution >= 0.6 is 0 Å². The van der Waals surface area contributed by atoms with Gasteiger partial charge in [0.1, 0.15) is 11.5 Å². The molecule has 7 heteroatoms. The second-order valence-corrected chi connectivity index (χ2v) is 7.24. The number of anilines is 1. The summed E-state index contributed by atoms with van der Waals surface area (Å²) >= 11 is 0. The molecular weight excluding hydrogens is 380 g/mol. The van der Waals surface area contributed by atoms with Crippen LogP contribution in [0.5, 0.6) is 11.5 Å². The van der Waals surface area contributed by atoms with Crippen LogP contribution in [-0.4, -0.2) is 61.4 Å². The Labute approximate surface area is 176 Å².